The molecule has 6 heteroatoms. The Bertz CT molecular complexity index is 972. The number of imidazole rings is 1. The fourth-order valence-electron chi connectivity index (χ4n) is 3.23. The quantitative estimate of drug-likeness (QED) is 0.723. The lowest BCUT2D eigenvalue weighted by Gasteiger charge is -2.20. The van der Waals surface area contributed by atoms with Gasteiger partial charge in [-0.2, -0.15) is 0 Å². The molecule has 0 spiro atoms. The second-order valence-corrected chi connectivity index (χ2v) is 6.91. The first-order valence-corrected chi connectivity index (χ1v) is 8.14. The number of aryl methyl sites for hydroxylation is 2. The van der Waals surface area contributed by atoms with Gasteiger partial charge >= 0.3 is 0 Å². The molecule has 0 unspecified atom stereocenters. The standard InChI is InChI=1S/C19H19N5O/c1-12-20-8-14(9-21-12)24-17-7-13(16-10-23(4)11-22-16)5-6-15(17)19(2,3)18(24)25/h5-11H,1-4H3. The molecule has 0 fully saturated rings. The van der Waals surface area contributed by atoms with E-state index >= 15 is 0 Å². The smallest absolute Gasteiger partial charge is 0.241 e. The van der Waals surface area contributed by atoms with Crippen molar-refractivity contribution in [2.24, 2.45) is 7.05 Å². The van der Waals surface area contributed by atoms with Crippen LogP contribution < -0.4 is 4.90 Å². The Morgan fingerprint density at radius 1 is 1.08 bits per heavy atom. The van der Waals surface area contributed by atoms with Gasteiger partial charge in [-0.25, -0.2) is 15.0 Å². The third-order valence-corrected chi connectivity index (χ3v) is 4.68. The summed E-state index contributed by atoms with van der Waals surface area (Å²) in [5.41, 5.74) is 3.80. The van der Waals surface area contributed by atoms with Crippen molar-refractivity contribution in [2.45, 2.75) is 26.2 Å². The minimum atomic E-state index is -0.594. The van der Waals surface area contributed by atoms with Gasteiger partial charge in [-0.3, -0.25) is 9.69 Å². The Balaban J connectivity index is 1.89. The van der Waals surface area contributed by atoms with Crippen molar-refractivity contribution in [3.05, 3.63) is 54.5 Å². The van der Waals surface area contributed by atoms with Gasteiger partial charge in [-0.1, -0.05) is 12.1 Å². The lowest BCUT2D eigenvalue weighted by molar-refractivity contribution is -0.121. The number of carbonyl (C=O) groups excluding carboxylic acids is 1. The second-order valence-electron chi connectivity index (χ2n) is 6.91. The first kappa shape index (κ1) is 15.5. The van der Waals surface area contributed by atoms with Crippen LogP contribution in [0.2, 0.25) is 0 Å². The van der Waals surface area contributed by atoms with Gasteiger partial charge in [0.15, 0.2) is 0 Å². The zero-order valence-electron chi connectivity index (χ0n) is 14.7. The topological polar surface area (TPSA) is 63.9 Å². The highest BCUT2D eigenvalue weighted by Crippen LogP contribution is 2.46. The Hall–Kier alpha value is -3.02. The largest absolute Gasteiger partial charge is 0.340 e. The molecule has 25 heavy (non-hydrogen) atoms. The van der Waals surface area contributed by atoms with Crippen LogP contribution in [-0.2, 0) is 17.3 Å². The molecule has 0 atom stereocenters. The van der Waals surface area contributed by atoms with E-state index < -0.39 is 5.41 Å². The van der Waals surface area contributed by atoms with E-state index in [4.69, 9.17) is 0 Å². The molecule has 0 N–H and O–H groups in total. The molecule has 1 aromatic carbocycles. The van der Waals surface area contributed by atoms with Gasteiger partial charge in [-0.15, -0.1) is 0 Å². The molecule has 6 nitrogen and oxygen atoms in total. The number of anilines is 2. The van der Waals surface area contributed by atoms with E-state index in [0.29, 0.717) is 11.5 Å². The molecular formula is C19H19N5O. The summed E-state index contributed by atoms with van der Waals surface area (Å²) in [6, 6.07) is 6.06. The van der Waals surface area contributed by atoms with Gasteiger partial charge in [0.05, 0.1) is 41.2 Å². The SMILES string of the molecule is Cc1ncc(N2C(=O)C(C)(C)c3ccc(-c4cn(C)cn4)cc32)cn1. The summed E-state index contributed by atoms with van der Waals surface area (Å²) >= 11 is 0. The molecule has 3 aromatic rings. The number of hydrogen-bond acceptors (Lipinski definition) is 4. The van der Waals surface area contributed by atoms with E-state index in [0.717, 1.165) is 22.5 Å². The lowest BCUT2D eigenvalue weighted by atomic mass is 9.86. The Morgan fingerprint density at radius 3 is 2.44 bits per heavy atom. The normalized spacial score (nSPS) is 15.5. The Labute approximate surface area is 146 Å². The van der Waals surface area contributed by atoms with Crippen molar-refractivity contribution < 1.29 is 4.79 Å². The molecule has 4 rings (SSSR count). The summed E-state index contributed by atoms with van der Waals surface area (Å²) < 4.78 is 1.91. The second kappa shape index (κ2) is 5.24. The minimum absolute atomic E-state index is 0.0214. The van der Waals surface area contributed by atoms with Gasteiger partial charge in [0.2, 0.25) is 5.91 Å². The number of rotatable bonds is 2. The molecule has 0 aliphatic carbocycles. The van der Waals surface area contributed by atoms with Crippen LogP contribution in [0, 0.1) is 6.92 Å². The summed E-state index contributed by atoms with van der Waals surface area (Å²) in [6.07, 6.45) is 7.11. The first-order chi connectivity index (χ1) is 11.9. The van der Waals surface area contributed by atoms with E-state index in [1.165, 1.54) is 0 Å². The van der Waals surface area contributed by atoms with E-state index in [1.54, 1.807) is 23.6 Å². The average molecular weight is 333 g/mol. The fourth-order valence-corrected chi connectivity index (χ4v) is 3.23. The highest BCUT2D eigenvalue weighted by atomic mass is 16.2. The third-order valence-electron chi connectivity index (χ3n) is 4.68. The summed E-state index contributed by atoms with van der Waals surface area (Å²) in [7, 11) is 1.94. The molecular weight excluding hydrogens is 314 g/mol. The number of carbonyl (C=O) groups is 1. The van der Waals surface area contributed by atoms with Crippen LogP contribution in [0.4, 0.5) is 11.4 Å². The lowest BCUT2D eigenvalue weighted by Crippen LogP contribution is -2.33. The van der Waals surface area contributed by atoms with E-state index in [9.17, 15) is 4.79 Å². The number of aromatic nitrogens is 4. The zero-order chi connectivity index (χ0) is 17.8. The maximum atomic E-state index is 13.1. The number of amides is 1. The number of nitrogens with zero attached hydrogens (tertiary/aromatic N) is 5. The maximum Gasteiger partial charge on any atom is 0.241 e. The van der Waals surface area contributed by atoms with Crippen molar-refractivity contribution in [1.29, 1.82) is 0 Å². The summed E-state index contributed by atoms with van der Waals surface area (Å²) in [5, 5.41) is 0. The molecule has 0 saturated heterocycles. The Kier molecular flexibility index (Phi) is 3.25. The van der Waals surface area contributed by atoms with Gasteiger partial charge in [-0.05, 0) is 32.4 Å². The fraction of sp³-hybridized carbons (Fsp3) is 0.263. The molecule has 0 bridgehead atoms. The number of fused-ring (bicyclic) bond motifs is 1. The molecule has 126 valence electrons. The van der Waals surface area contributed by atoms with E-state index in [-0.39, 0.29) is 5.91 Å². The summed E-state index contributed by atoms with van der Waals surface area (Å²) in [4.78, 5) is 27.7. The van der Waals surface area contributed by atoms with Crippen LogP contribution in [0.25, 0.3) is 11.3 Å². The van der Waals surface area contributed by atoms with Crippen molar-refractivity contribution in [3.63, 3.8) is 0 Å². The summed E-state index contributed by atoms with van der Waals surface area (Å²) in [5.74, 6) is 0.699. The predicted molar refractivity (Wildman–Crippen MR) is 95.6 cm³/mol. The number of hydrogen-bond donors (Lipinski definition) is 0. The highest BCUT2D eigenvalue weighted by molar-refractivity contribution is 6.12. The van der Waals surface area contributed by atoms with Crippen LogP contribution in [0.1, 0.15) is 25.2 Å². The minimum Gasteiger partial charge on any atom is -0.340 e. The van der Waals surface area contributed by atoms with Crippen molar-refractivity contribution >= 4 is 17.3 Å². The average Bonchev–Trinajstić information content (AvgIpc) is 3.10. The molecule has 0 saturated carbocycles. The van der Waals surface area contributed by atoms with Crippen molar-refractivity contribution in [2.75, 3.05) is 4.90 Å². The van der Waals surface area contributed by atoms with E-state index in [1.807, 2.05) is 56.8 Å². The van der Waals surface area contributed by atoms with Gasteiger partial charge in [0, 0.05) is 18.8 Å². The van der Waals surface area contributed by atoms with Crippen molar-refractivity contribution in [3.8, 4) is 11.3 Å². The van der Waals surface area contributed by atoms with E-state index in [2.05, 4.69) is 15.0 Å². The van der Waals surface area contributed by atoms with Gasteiger partial charge in [0.1, 0.15) is 5.82 Å². The van der Waals surface area contributed by atoms with Crippen LogP contribution in [0.5, 0.6) is 0 Å². The molecule has 3 heterocycles. The molecule has 1 aliphatic rings. The van der Waals surface area contributed by atoms with Crippen LogP contribution in [-0.4, -0.2) is 25.4 Å². The Morgan fingerprint density at radius 2 is 1.80 bits per heavy atom. The van der Waals surface area contributed by atoms with Gasteiger partial charge < -0.3 is 4.57 Å². The summed E-state index contributed by atoms with van der Waals surface area (Å²) in [6.45, 7) is 5.72. The van der Waals surface area contributed by atoms with Crippen LogP contribution >= 0.6 is 0 Å². The highest BCUT2D eigenvalue weighted by Gasteiger charge is 2.44. The maximum absolute atomic E-state index is 13.1. The van der Waals surface area contributed by atoms with Gasteiger partial charge in [0.25, 0.3) is 0 Å². The molecule has 1 aliphatic heterocycles. The van der Waals surface area contributed by atoms with Crippen LogP contribution in [0.15, 0.2) is 43.1 Å². The number of benzene rings is 1. The zero-order valence-corrected chi connectivity index (χ0v) is 14.7. The van der Waals surface area contributed by atoms with Crippen LogP contribution in [0.3, 0.4) is 0 Å². The van der Waals surface area contributed by atoms with Crippen molar-refractivity contribution in [1.82, 2.24) is 19.5 Å². The third kappa shape index (κ3) is 2.33. The molecule has 0 radical (unpaired) electrons. The molecule has 2 aromatic heterocycles. The molecule has 1 amide bonds. The predicted octanol–water partition coefficient (Wildman–Crippen LogP) is 3.14. The first-order valence-electron chi connectivity index (χ1n) is 8.14. The monoisotopic (exact) mass is 333 g/mol.